The Labute approximate surface area is 214 Å². The number of nitrogens with one attached hydrogen (secondary N) is 1. The summed E-state index contributed by atoms with van der Waals surface area (Å²) in [6.45, 7) is 5.40. The molecule has 0 unspecified atom stereocenters. The van der Waals surface area contributed by atoms with Crippen LogP contribution in [0.3, 0.4) is 0 Å². The first-order chi connectivity index (χ1) is 17.9. The zero-order chi connectivity index (χ0) is 26.2. The summed E-state index contributed by atoms with van der Waals surface area (Å²) in [5.74, 6) is 0.246. The van der Waals surface area contributed by atoms with Gasteiger partial charge in [-0.2, -0.15) is 9.78 Å². The number of hydrogen-bond donors (Lipinski definition) is 1. The van der Waals surface area contributed by atoms with Crippen LogP contribution in [0.1, 0.15) is 28.3 Å². The Morgan fingerprint density at radius 2 is 1.73 bits per heavy atom. The SMILES string of the molecule is Cc1cc(C)nc(-n2nc(C)cc2NC(=O)COC(=O)/C=C/c2ccc(OCc3ccccn3)cc2)n1. The Morgan fingerprint density at radius 3 is 2.43 bits per heavy atom. The van der Waals surface area contributed by atoms with Gasteiger partial charge in [0.05, 0.1) is 11.4 Å². The van der Waals surface area contributed by atoms with Gasteiger partial charge < -0.3 is 14.8 Å². The Hall–Kier alpha value is -4.86. The first kappa shape index (κ1) is 25.2. The summed E-state index contributed by atoms with van der Waals surface area (Å²) in [5, 5.41) is 7.04. The molecule has 3 heterocycles. The first-order valence-corrected chi connectivity index (χ1v) is 11.5. The van der Waals surface area contributed by atoms with E-state index in [1.54, 1.807) is 37.4 Å². The van der Waals surface area contributed by atoms with Crippen molar-refractivity contribution in [1.29, 1.82) is 0 Å². The minimum absolute atomic E-state index is 0.342. The number of rotatable bonds is 9. The molecular formula is C27H26N6O4. The minimum atomic E-state index is -0.645. The molecule has 1 N–H and O–H groups in total. The lowest BCUT2D eigenvalue weighted by Crippen LogP contribution is -2.22. The zero-order valence-electron chi connectivity index (χ0n) is 20.7. The smallest absolute Gasteiger partial charge is 0.331 e. The average Bonchev–Trinajstić information content (AvgIpc) is 3.25. The first-order valence-electron chi connectivity index (χ1n) is 11.5. The van der Waals surface area contributed by atoms with E-state index in [-0.39, 0.29) is 0 Å². The van der Waals surface area contributed by atoms with Gasteiger partial charge in [-0.1, -0.05) is 18.2 Å². The highest BCUT2D eigenvalue weighted by molar-refractivity contribution is 5.94. The van der Waals surface area contributed by atoms with Crippen LogP contribution in [0, 0.1) is 20.8 Å². The molecule has 1 aromatic carbocycles. The normalized spacial score (nSPS) is 10.9. The lowest BCUT2D eigenvalue weighted by atomic mass is 10.2. The van der Waals surface area contributed by atoms with Crippen molar-refractivity contribution in [3.63, 3.8) is 0 Å². The Morgan fingerprint density at radius 1 is 0.973 bits per heavy atom. The highest BCUT2D eigenvalue weighted by Crippen LogP contribution is 2.16. The van der Waals surface area contributed by atoms with Crippen molar-refractivity contribution in [2.45, 2.75) is 27.4 Å². The lowest BCUT2D eigenvalue weighted by Gasteiger charge is -2.09. The Bertz CT molecular complexity index is 1390. The highest BCUT2D eigenvalue weighted by atomic mass is 16.5. The van der Waals surface area contributed by atoms with Crippen LogP contribution in [0.25, 0.3) is 12.0 Å². The van der Waals surface area contributed by atoms with Crippen LogP contribution in [-0.4, -0.2) is 43.2 Å². The molecule has 0 saturated carbocycles. The number of hydrogen-bond acceptors (Lipinski definition) is 8. The Balaban J connectivity index is 1.27. The van der Waals surface area contributed by atoms with Crippen molar-refractivity contribution in [2.75, 3.05) is 11.9 Å². The number of nitrogens with zero attached hydrogens (tertiary/aromatic N) is 5. The van der Waals surface area contributed by atoms with E-state index in [1.165, 1.54) is 10.8 Å². The summed E-state index contributed by atoms with van der Waals surface area (Å²) in [5.41, 5.74) is 3.84. The Kier molecular flexibility index (Phi) is 7.99. The van der Waals surface area contributed by atoms with E-state index >= 15 is 0 Å². The molecule has 4 aromatic rings. The molecule has 10 heteroatoms. The lowest BCUT2D eigenvalue weighted by molar-refractivity contribution is -0.142. The molecule has 4 rings (SSSR count). The second kappa shape index (κ2) is 11.7. The fourth-order valence-corrected chi connectivity index (χ4v) is 3.39. The second-order valence-corrected chi connectivity index (χ2v) is 8.20. The number of carbonyl (C=O) groups excluding carboxylic acids is 2. The van der Waals surface area contributed by atoms with Crippen LogP contribution < -0.4 is 10.1 Å². The highest BCUT2D eigenvalue weighted by Gasteiger charge is 2.14. The number of ether oxygens (including phenoxy) is 2. The number of amides is 1. The summed E-state index contributed by atoms with van der Waals surface area (Å²) in [7, 11) is 0. The van der Waals surface area contributed by atoms with Gasteiger partial charge >= 0.3 is 5.97 Å². The molecule has 0 aliphatic rings. The monoisotopic (exact) mass is 498 g/mol. The number of benzene rings is 1. The molecule has 1 amide bonds. The standard InChI is InChI=1S/C27H26N6O4/c1-18-14-19(2)30-27(29-18)33-24(15-20(3)32-33)31-25(34)17-37-26(35)12-9-21-7-10-23(11-8-21)36-16-22-6-4-5-13-28-22/h4-15H,16-17H2,1-3H3,(H,31,34)/b12-9+. The van der Waals surface area contributed by atoms with Crippen molar-refractivity contribution >= 4 is 23.8 Å². The molecule has 0 spiro atoms. The summed E-state index contributed by atoms with van der Waals surface area (Å²) in [6, 6.07) is 16.4. The van der Waals surface area contributed by atoms with Crippen molar-refractivity contribution in [3.05, 3.63) is 95.2 Å². The number of pyridine rings is 1. The molecule has 0 radical (unpaired) electrons. The summed E-state index contributed by atoms with van der Waals surface area (Å²) in [6.07, 6.45) is 4.57. The topological polar surface area (TPSA) is 121 Å². The molecule has 0 aliphatic heterocycles. The van der Waals surface area contributed by atoms with Gasteiger partial charge in [-0.3, -0.25) is 9.78 Å². The van der Waals surface area contributed by atoms with Gasteiger partial charge in [-0.05, 0) is 62.7 Å². The van der Waals surface area contributed by atoms with E-state index in [0.717, 1.165) is 22.6 Å². The molecular weight excluding hydrogens is 472 g/mol. The molecule has 188 valence electrons. The van der Waals surface area contributed by atoms with E-state index < -0.39 is 18.5 Å². The third kappa shape index (κ3) is 7.31. The van der Waals surface area contributed by atoms with Gasteiger partial charge in [-0.25, -0.2) is 14.8 Å². The summed E-state index contributed by atoms with van der Waals surface area (Å²) in [4.78, 5) is 37.5. The molecule has 0 aliphatic carbocycles. The number of anilines is 1. The number of aryl methyl sites for hydroxylation is 3. The van der Waals surface area contributed by atoms with Crippen molar-refractivity contribution in [2.24, 2.45) is 0 Å². The van der Waals surface area contributed by atoms with E-state index in [2.05, 4.69) is 25.4 Å². The van der Waals surface area contributed by atoms with Gasteiger partial charge in [0.15, 0.2) is 6.61 Å². The predicted molar refractivity (Wildman–Crippen MR) is 137 cm³/mol. The van der Waals surface area contributed by atoms with Gasteiger partial charge in [0.25, 0.3) is 11.9 Å². The zero-order valence-corrected chi connectivity index (χ0v) is 20.7. The van der Waals surface area contributed by atoms with E-state index in [4.69, 9.17) is 9.47 Å². The van der Waals surface area contributed by atoms with Crippen LogP contribution in [-0.2, 0) is 20.9 Å². The molecule has 0 atom stereocenters. The van der Waals surface area contributed by atoms with Crippen LogP contribution in [0.15, 0.2) is 66.9 Å². The van der Waals surface area contributed by atoms with Gasteiger partial charge in [0.2, 0.25) is 0 Å². The fraction of sp³-hybridized carbons (Fsp3) is 0.185. The van der Waals surface area contributed by atoms with Crippen molar-refractivity contribution in [1.82, 2.24) is 24.7 Å². The summed E-state index contributed by atoms with van der Waals surface area (Å²) < 4.78 is 12.2. The van der Waals surface area contributed by atoms with E-state index in [0.29, 0.717) is 29.8 Å². The molecule has 0 bridgehead atoms. The van der Waals surface area contributed by atoms with Gasteiger partial charge in [0, 0.05) is 29.7 Å². The quantitative estimate of drug-likeness (QED) is 0.274. The summed E-state index contributed by atoms with van der Waals surface area (Å²) >= 11 is 0. The molecule has 3 aromatic heterocycles. The second-order valence-electron chi connectivity index (χ2n) is 8.20. The third-order valence-corrected chi connectivity index (χ3v) is 5.01. The molecule has 37 heavy (non-hydrogen) atoms. The molecule has 0 fully saturated rings. The number of carbonyl (C=O) groups is 2. The maximum atomic E-state index is 12.4. The average molecular weight is 499 g/mol. The third-order valence-electron chi connectivity index (χ3n) is 5.01. The predicted octanol–water partition coefficient (Wildman–Crippen LogP) is 3.76. The van der Waals surface area contributed by atoms with E-state index in [9.17, 15) is 9.59 Å². The van der Waals surface area contributed by atoms with Crippen LogP contribution >= 0.6 is 0 Å². The van der Waals surface area contributed by atoms with Crippen LogP contribution in [0.5, 0.6) is 5.75 Å². The maximum Gasteiger partial charge on any atom is 0.331 e. The molecule has 10 nitrogen and oxygen atoms in total. The maximum absolute atomic E-state index is 12.4. The van der Waals surface area contributed by atoms with Gasteiger partial charge in [-0.15, -0.1) is 0 Å². The largest absolute Gasteiger partial charge is 0.487 e. The fourth-order valence-electron chi connectivity index (χ4n) is 3.39. The van der Waals surface area contributed by atoms with Gasteiger partial charge in [0.1, 0.15) is 18.2 Å². The van der Waals surface area contributed by atoms with Crippen LogP contribution in [0.4, 0.5) is 5.82 Å². The number of aromatic nitrogens is 5. The van der Waals surface area contributed by atoms with E-state index in [1.807, 2.05) is 50.2 Å². The minimum Gasteiger partial charge on any atom is -0.487 e. The number of esters is 1. The van der Waals surface area contributed by atoms with Crippen molar-refractivity contribution < 1.29 is 19.1 Å². The van der Waals surface area contributed by atoms with Crippen molar-refractivity contribution in [3.8, 4) is 11.7 Å². The van der Waals surface area contributed by atoms with Crippen LogP contribution in [0.2, 0.25) is 0 Å². The molecule has 0 saturated heterocycles.